The molecule has 1 atom stereocenters. The molecule has 0 aliphatic carbocycles. The van der Waals surface area contributed by atoms with Crippen LogP contribution >= 0.6 is 0 Å². The second-order valence-electron chi connectivity index (χ2n) is 6.04. The van der Waals surface area contributed by atoms with Gasteiger partial charge in [0.05, 0.1) is 0 Å². The third-order valence-corrected chi connectivity index (χ3v) is 4.67. The third kappa shape index (κ3) is 1.69. The minimum atomic E-state index is -0.854. The van der Waals surface area contributed by atoms with Crippen molar-refractivity contribution in [2.45, 2.75) is 12.2 Å². The Balaban J connectivity index is 1.90. The van der Waals surface area contributed by atoms with E-state index in [1.165, 1.54) is 0 Å². The molecule has 0 amide bonds. The summed E-state index contributed by atoms with van der Waals surface area (Å²) in [6.45, 7) is 0.422. The van der Waals surface area contributed by atoms with E-state index in [1.807, 2.05) is 54.6 Å². The molecule has 4 heteroatoms. The van der Waals surface area contributed by atoms with Gasteiger partial charge in [0.2, 0.25) is 0 Å². The van der Waals surface area contributed by atoms with Crippen LogP contribution in [0.15, 0.2) is 66.7 Å². The van der Waals surface area contributed by atoms with Crippen LogP contribution in [-0.4, -0.2) is 0 Å². The highest BCUT2D eigenvalue weighted by Crippen LogP contribution is 2.54. The zero-order chi connectivity index (χ0) is 16.1. The predicted octanol–water partition coefficient (Wildman–Crippen LogP) is 4.13. The highest BCUT2D eigenvalue weighted by Gasteiger charge is 2.49. The number of ether oxygens (including phenoxy) is 1. The van der Waals surface area contributed by atoms with Gasteiger partial charge in [-0.15, -0.1) is 0 Å². The van der Waals surface area contributed by atoms with Crippen LogP contribution in [0.3, 0.4) is 0 Å². The number of rotatable bonds is 0. The molecule has 0 radical (unpaired) electrons. The average molecular weight is 317 g/mol. The Morgan fingerprint density at radius 3 is 2.46 bits per heavy atom. The zero-order valence-electron chi connectivity index (χ0n) is 12.9. The van der Waals surface area contributed by atoms with Gasteiger partial charge in [0.1, 0.15) is 18.1 Å². The molecule has 118 valence electrons. The van der Waals surface area contributed by atoms with Crippen molar-refractivity contribution in [1.29, 1.82) is 0 Å². The van der Waals surface area contributed by atoms with Crippen LogP contribution in [0.1, 0.15) is 22.3 Å². The topological polar surface area (TPSA) is 53.7 Å². The Bertz CT molecular complexity index is 953. The normalized spacial score (nSPS) is 20.7. The summed E-state index contributed by atoms with van der Waals surface area (Å²) in [5, 5.41) is 0. The van der Waals surface area contributed by atoms with Crippen molar-refractivity contribution in [3.63, 3.8) is 0 Å². The highest BCUT2D eigenvalue weighted by atomic mass is 17.2. The Morgan fingerprint density at radius 1 is 0.792 bits per heavy atom. The monoisotopic (exact) mass is 317 g/mol. The van der Waals surface area contributed by atoms with E-state index < -0.39 is 5.60 Å². The molecular weight excluding hydrogens is 302 g/mol. The molecule has 0 saturated carbocycles. The molecule has 24 heavy (non-hydrogen) atoms. The molecule has 1 unspecified atom stereocenters. The predicted molar refractivity (Wildman–Crippen MR) is 89.6 cm³/mol. The van der Waals surface area contributed by atoms with Gasteiger partial charge in [-0.2, -0.15) is 0 Å². The van der Waals surface area contributed by atoms with Crippen LogP contribution in [0.4, 0.5) is 5.69 Å². The largest absolute Gasteiger partial charge is 0.456 e. The van der Waals surface area contributed by atoms with Gasteiger partial charge in [0.25, 0.3) is 0 Å². The van der Waals surface area contributed by atoms with Crippen molar-refractivity contribution in [2.75, 3.05) is 5.73 Å². The number of nitrogens with two attached hydrogens (primary N) is 1. The van der Waals surface area contributed by atoms with Crippen molar-refractivity contribution in [1.82, 2.24) is 0 Å². The molecule has 5 rings (SSSR count). The summed E-state index contributed by atoms with van der Waals surface area (Å²) < 4.78 is 6.09. The Labute approximate surface area is 139 Å². The van der Waals surface area contributed by atoms with E-state index in [-0.39, 0.29) is 0 Å². The summed E-state index contributed by atoms with van der Waals surface area (Å²) in [4.78, 5) is 11.6. The maximum absolute atomic E-state index is 6.09. The standard InChI is InChI=1S/C20H15NO3/c21-14-9-10-17-19(11-14)23-18-8-4-3-7-16(18)20(17)15-6-2-1-5-13(15)12-22-24-20/h1-11H,12,21H2. The van der Waals surface area contributed by atoms with Gasteiger partial charge in [-0.25, -0.2) is 9.78 Å². The molecule has 2 N–H and O–H groups in total. The van der Waals surface area contributed by atoms with Crippen molar-refractivity contribution in [3.05, 3.63) is 89.0 Å². The lowest BCUT2D eigenvalue weighted by Crippen LogP contribution is -2.39. The van der Waals surface area contributed by atoms with Crippen molar-refractivity contribution < 1.29 is 14.5 Å². The fourth-order valence-electron chi connectivity index (χ4n) is 3.62. The lowest BCUT2D eigenvalue weighted by Gasteiger charge is -2.42. The number of fused-ring (bicyclic) bond motifs is 6. The molecule has 2 aliphatic heterocycles. The van der Waals surface area contributed by atoms with Gasteiger partial charge in [-0.1, -0.05) is 42.5 Å². The zero-order valence-corrected chi connectivity index (χ0v) is 12.9. The number of benzene rings is 3. The van der Waals surface area contributed by atoms with E-state index in [0.717, 1.165) is 28.0 Å². The molecule has 0 bridgehead atoms. The molecule has 0 aromatic heterocycles. The minimum Gasteiger partial charge on any atom is -0.456 e. The summed E-state index contributed by atoms with van der Waals surface area (Å²) in [5.41, 5.74) is 9.74. The van der Waals surface area contributed by atoms with Gasteiger partial charge in [-0.05, 0) is 23.8 Å². The van der Waals surface area contributed by atoms with E-state index in [0.29, 0.717) is 18.0 Å². The van der Waals surface area contributed by atoms with Gasteiger partial charge in [0, 0.05) is 28.4 Å². The van der Waals surface area contributed by atoms with Gasteiger partial charge in [0.15, 0.2) is 5.60 Å². The van der Waals surface area contributed by atoms with Crippen LogP contribution in [-0.2, 0) is 22.0 Å². The third-order valence-electron chi connectivity index (χ3n) is 4.67. The Morgan fingerprint density at radius 2 is 1.54 bits per heavy atom. The molecule has 2 heterocycles. The smallest absolute Gasteiger partial charge is 0.186 e. The van der Waals surface area contributed by atoms with Crippen LogP contribution in [0.2, 0.25) is 0 Å². The average Bonchev–Trinajstić information content (AvgIpc) is 2.62. The summed E-state index contributed by atoms with van der Waals surface area (Å²) in [5.74, 6) is 1.44. The van der Waals surface area contributed by atoms with Crippen LogP contribution in [0.5, 0.6) is 11.5 Å². The van der Waals surface area contributed by atoms with E-state index in [9.17, 15) is 0 Å². The first-order chi connectivity index (χ1) is 11.8. The first-order valence-corrected chi connectivity index (χ1v) is 7.85. The van der Waals surface area contributed by atoms with Crippen molar-refractivity contribution in [3.8, 4) is 11.5 Å². The number of para-hydroxylation sites is 1. The lowest BCUT2D eigenvalue weighted by atomic mass is 9.76. The second-order valence-corrected chi connectivity index (χ2v) is 6.04. The minimum absolute atomic E-state index is 0.422. The number of nitrogen functional groups attached to an aromatic ring is 1. The number of anilines is 1. The van der Waals surface area contributed by atoms with E-state index in [2.05, 4.69) is 12.1 Å². The maximum Gasteiger partial charge on any atom is 0.186 e. The quantitative estimate of drug-likeness (QED) is 0.500. The first-order valence-electron chi connectivity index (χ1n) is 7.85. The van der Waals surface area contributed by atoms with Crippen molar-refractivity contribution >= 4 is 5.69 Å². The van der Waals surface area contributed by atoms with Crippen LogP contribution in [0.25, 0.3) is 0 Å². The molecule has 1 spiro atoms. The van der Waals surface area contributed by atoms with Crippen molar-refractivity contribution in [2.24, 2.45) is 0 Å². The van der Waals surface area contributed by atoms with Gasteiger partial charge >= 0.3 is 0 Å². The van der Waals surface area contributed by atoms with Crippen LogP contribution < -0.4 is 10.5 Å². The van der Waals surface area contributed by atoms with Crippen LogP contribution in [0, 0.1) is 0 Å². The highest BCUT2D eigenvalue weighted by molar-refractivity contribution is 5.65. The number of hydrogen-bond acceptors (Lipinski definition) is 4. The first kappa shape index (κ1) is 13.6. The Kier molecular flexibility index (Phi) is 2.74. The summed E-state index contributed by atoms with van der Waals surface area (Å²) >= 11 is 0. The van der Waals surface area contributed by atoms with E-state index in [1.54, 1.807) is 0 Å². The fourth-order valence-corrected chi connectivity index (χ4v) is 3.62. The second kappa shape index (κ2) is 4.84. The van der Waals surface area contributed by atoms with E-state index in [4.69, 9.17) is 20.2 Å². The Hall–Kier alpha value is -2.82. The summed E-state index contributed by atoms with van der Waals surface area (Å²) in [6, 6.07) is 21.7. The summed E-state index contributed by atoms with van der Waals surface area (Å²) in [6.07, 6.45) is 0. The molecule has 0 saturated heterocycles. The summed E-state index contributed by atoms with van der Waals surface area (Å²) in [7, 11) is 0. The van der Waals surface area contributed by atoms with Gasteiger partial charge < -0.3 is 10.5 Å². The SMILES string of the molecule is Nc1ccc2c(c1)Oc1ccccc1C21OOCc2ccccc21. The molecule has 3 aromatic carbocycles. The maximum atomic E-state index is 6.09. The van der Waals surface area contributed by atoms with Gasteiger partial charge in [-0.3, -0.25) is 0 Å². The molecule has 2 aliphatic rings. The van der Waals surface area contributed by atoms with E-state index >= 15 is 0 Å². The molecular formula is C20H15NO3. The fraction of sp³-hybridized carbons (Fsp3) is 0.100. The molecule has 3 aromatic rings. The molecule has 4 nitrogen and oxygen atoms in total. The molecule has 0 fully saturated rings. The number of hydrogen-bond donors (Lipinski definition) is 1. The lowest BCUT2D eigenvalue weighted by molar-refractivity contribution is -0.363.